The van der Waals surface area contributed by atoms with Crippen LogP contribution in [0.25, 0.3) is 4.85 Å². The van der Waals surface area contributed by atoms with Gasteiger partial charge >= 0.3 is 5.54 Å². The van der Waals surface area contributed by atoms with Gasteiger partial charge in [-0.05, 0) is 20.4 Å². The van der Waals surface area contributed by atoms with Gasteiger partial charge in [0.25, 0.3) is 6.57 Å². The van der Waals surface area contributed by atoms with Crippen LogP contribution in [-0.4, -0.2) is 31.7 Å². The summed E-state index contributed by atoms with van der Waals surface area (Å²) < 4.78 is 0. The molecule has 1 saturated heterocycles. The zero-order chi connectivity index (χ0) is 10.2. The molecular weight excluding hydrogens is 174 g/mol. The average molecular weight is 192 g/mol. The SMILES string of the molecule is C#[N+][C@]12C=CCC(NC)[C@]1(C)CNC2. The van der Waals surface area contributed by atoms with E-state index in [4.69, 9.17) is 6.57 Å². The summed E-state index contributed by atoms with van der Waals surface area (Å²) in [7, 11) is 2.01. The molecule has 76 valence electrons. The molecule has 1 heterocycles. The van der Waals surface area contributed by atoms with Crippen molar-refractivity contribution in [3.63, 3.8) is 0 Å². The minimum absolute atomic E-state index is 0.102. The molecule has 2 aliphatic rings. The van der Waals surface area contributed by atoms with E-state index in [0.717, 1.165) is 19.5 Å². The molecule has 0 saturated carbocycles. The van der Waals surface area contributed by atoms with Crippen molar-refractivity contribution < 1.29 is 0 Å². The van der Waals surface area contributed by atoms with E-state index in [-0.39, 0.29) is 11.0 Å². The maximum Gasteiger partial charge on any atom is 0.318 e. The summed E-state index contributed by atoms with van der Waals surface area (Å²) in [5.74, 6) is 0. The summed E-state index contributed by atoms with van der Waals surface area (Å²) in [5, 5.41) is 6.76. The van der Waals surface area contributed by atoms with Crippen molar-refractivity contribution in [1.82, 2.24) is 10.6 Å². The van der Waals surface area contributed by atoms with Crippen molar-refractivity contribution in [2.75, 3.05) is 20.1 Å². The van der Waals surface area contributed by atoms with E-state index >= 15 is 0 Å². The average Bonchev–Trinajstić information content (AvgIpc) is 2.55. The Morgan fingerprint density at radius 2 is 2.36 bits per heavy atom. The number of nitrogens with one attached hydrogen (secondary N) is 2. The van der Waals surface area contributed by atoms with Gasteiger partial charge in [0.15, 0.2) is 0 Å². The van der Waals surface area contributed by atoms with Gasteiger partial charge in [0.1, 0.15) is 0 Å². The van der Waals surface area contributed by atoms with Gasteiger partial charge in [-0.2, -0.15) is 0 Å². The molecule has 3 nitrogen and oxygen atoms in total. The summed E-state index contributed by atoms with van der Waals surface area (Å²) in [6, 6.07) is 0.454. The van der Waals surface area contributed by atoms with Crippen LogP contribution in [0.15, 0.2) is 12.2 Å². The minimum atomic E-state index is -0.209. The first-order chi connectivity index (χ1) is 6.68. The van der Waals surface area contributed by atoms with Crippen molar-refractivity contribution in [1.29, 1.82) is 0 Å². The Bertz CT molecular complexity index is 304. The molecule has 3 heteroatoms. The lowest BCUT2D eigenvalue weighted by molar-refractivity contribution is 0.193. The molecule has 1 fully saturated rings. The van der Waals surface area contributed by atoms with Crippen LogP contribution in [0.2, 0.25) is 0 Å². The Morgan fingerprint density at radius 1 is 1.57 bits per heavy atom. The number of hydrogen-bond donors (Lipinski definition) is 2. The predicted octanol–water partition coefficient (Wildman–Crippen LogP) is 0.845. The van der Waals surface area contributed by atoms with Crippen LogP contribution in [0, 0.1) is 12.0 Å². The van der Waals surface area contributed by atoms with Gasteiger partial charge in [0.2, 0.25) is 0 Å². The highest BCUT2D eigenvalue weighted by Crippen LogP contribution is 2.45. The lowest BCUT2D eigenvalue weighted by Gasteiger charge is -2.38. The standard InChI is InChI=1S/C11H18N3/c1-10-7-14-8-11(10,13-3)6-4-5-9(10)12-2/h3-4,6,9,12,14H,5,7-8H2,1-2H3/q+1/t9?,10-,11-/m0/s1. The summed E-state index contributed by atoms with van der Waals surface area (Å²) in [5.41, 5.74) is -0.107. The fourth-order valence-corrected chi connectivity index (χ4v) is 2.87. The van der Waals surface area contributed by atoms with Gasteiger partial charge in [-0.3, -0.25) is 0 Å². The number of fused-ring (bicyclic) bond motifs is 1. The van der Waals surface area contributed by atoms with Gasteiger partial charge < -0.3 is 10.6 Å². The highest BCUT2D eigenvalue weighted by Gasteiger charge is 2.63. The Kier molecular flexibility index (Phi) is 2.13. The quantitative estimate of drug-likeness (QED) is 0.603. The van der Waals surface area contributed by atoms with Gasteiger partial charge in [-0.1, -0.05) is 10.9 Å². The molecule has 0 radical (unpaired) electrons. The molecule has 1 unspecified atom stereocenters. The lowest BCUT2D eigenvalue weighted by Crippen LogP contribution is -2.55. The summed E-state index contributed by atoms with van der Waals surface area (Å²) >= 11 is 0. The third-order valence-electron chi connectivity index (χ3n) is 3.99. The lowest BCUT2D eigenvalue weighted by atomic mass is 9.65. The molecule has 2 N–H and O–H groups in total. The molecule has 1 aliphatic carbocycles. The molecule has 0 amide bonds. The summed E-state index contributed by atoms with van der Waals surface area (Å²) in [4.78, 5) is 4.12. The fraction of sp³-hybridized carbons (Fsp3) is 0.727. The Hall–Kier alpha value is -0.850. The Balaban J connectivity index is 2.44. The normalized spacial score (nSPS) is 45.9. The fourth-order valence-electron chi connectivity index (χ4n) is 2.87. The third-order valence-corrected chi connectivity index (χ3v) is 3.99. The van der Waals surface area contributed by atoms with Crippen LogP contribution in [0.5, 0.6) is 0 Å². The molecule has 1 aliphatic heterocycles. The van der Waals surface area contributed by atoms with Gasteiger partial charge in [0, 0.05) is 18.7 Å². The highest BCUT2D eigenvalue weighted by molar-refractivity contribution is 5.32. The van der Waals surface area contributed by atoms with E-state index in [1.165, 1.54) is 0 Å². The largest absolute Gasteiger partial charge is 0.318 e. The Morgan fingerprint density at radius 3 is 3.00 bits per heavy atom. The van der Waals surface area contributed by atoms with Crippen LogP contribution in [0.1, 0.15) is 13.3 Å². The van der Waals surface area contributed by atoms with Crippen LogP contribution in [-0.2, 0) is 0 Å². The zero-order valence-electron chi connectivity index (χ0n) is 8.88. The van der Waals surface area contributed by atoms with Crippen molar-refractivity contribution in [3.05, 3.63) is 17.0 Å². The second-order valence-electron chi connectivity index (χ2n) is 4.55. The van der Waals surface area contributed by atoms with Crippen LogP contribution in [0.3, 0.4) is 0 Å². The summed E-state index contributed by atoms with van der Waals surface area (Å²) in [6.45, 7) is 9.68. The van der Waals surface area contributed by atoms with E-state index in [2.05, 4.69) is 34.6 Å². The maximum absolute atomic E-state index is 5.59. The number of rotatable bonds is 1. The smallest absolute Gasteiger partial charge is 0.316 e. The molecule has 14 heavy (non-hydrogen) atoms. The maximum atomic E-state index is 5.59. The predicted molar refractivity (Wildman–Crippen MR) is 58.6 cm³/mol. The molecule has 2 rings (SSSR count). The van der Waals surface area contributed by atoms with Crippen molar-refractivity contribution >= 4 is 0 Å². The number of hydrogen-bond acceptors (Lipinski definition) is 2. The molecule has 0 aromatic heterocycles. The summed E-state index contributed by atoms with van der Waals surface area (Å²) in [6.07, 6.45) is 5.42. The Labute approximate surface area is 85.4 Å². The van der Waals surface area contributed by atoms with Crippen LogP contribution >= 0.6 is 0 Å². The monoisotopic (exact) mass is 192 g/mol. The molecular formula is C11H18N3+. The molecule has 0 spiro atoms. The number of nitrogens with zero attached hydrogens (tertiary/aromatic N) is 1. The first kappa shape index (κ1) is 9.70. The molecule has 0 bridgehead atoms. The second kappa shape index (κ2) is 3.08. The zero-order valence-corrected chi connectivity index (χ0v) is 8.88. The minimum Gasteiger partial charge on any atom is -0.316 e. The van der Waals surface area contributed by atoms with Crippen molar-refractivity contribution in [2.45, 2.75) is 24.9 Å². The van der Waals surface area contributed by atoms with Gasteiger partial charge in [0.05, 0.1) is 12.0 Å². The van der Waals surface area contributed by atoms with E-state index in [1.807, 2.05) is 7.05 Å². The topological polar surface area (TPSA) is 28.4 Å². The van der Waals surface area contributed by atoms with Crippen molar-refractivity contribution in [2.24, 2.45) is 5.41 Å². The molecule has 0 aromatic carbocycles. The highest BCUT2D eigenvalue weighted by atomic mass is 15.1. The molecule has 3 atom stereocenters. The van der Waals surface area contributed by atoms with E-state index in [9.17, 15) is 0 Å². The van der Waals surface area contributed by atoms with Crippen LogP contribution in [0.4, 0.5) is 0 Å². The van der Waals surface area contributed by atoms with E-state index in [1.54, 1.807) is 0 Å². The van der Waals surface area contributed by atoms with Gasteiger partial charge in [-0.25, -0.2) is 0 Å². The third kappa shape index (κ3) is 0.985. The second-order valence-corrected chi connectivity index (χ2v) is 4.55. The van der Waals surface area contributed by atoms with Crippen molar-refractivity contribution in [3.8, 4) is 6.57 Å². The van der Waals surface area contributed by atoms with E-state index < -0.39 is 0 Å². The van der Waals surface area contributed by atoms with Gasteiger partial charge in [-0.15, -0.1) is 0 Å². The van der Waals surface area contributed by atoms with Crippen LogP contribution < -0.4 is 10.6 Å². The first-order valence-electron chi connectivity index (χ1n) is 5.16. The van der Waals surface area contributed by atoms with E-state index in [0.29, 0.717) is 6.04 Å². The molecule has 0 aromatic rings. The first-order valence-corrected chi connectivity index (χ1v) is 5.16.